The Morgan fingerprint density at radius 1 is 1.39 bits per heavy atom. The van der Waals surface area contributed by atoms with Crippen molar-refractivity contribution in [1.29, 1.82) is 0 Å². The van der Waals surface area contributed by atoms with Crippen LogP contribution in [0.3, 0.4) is 0 Å². The molecule has 1 atom stereocenters. The van der Waals surface area contributed by atoms with E-state index in [1.165, 1.54) is 4.90 Å². The number of amides is 1. The first-order valence-electron chi connectivity index (χ1n) is 5.52. The molecule has 1 amide bonds. The summed E-state index contributed by atoms with van der Waals surface area (Å²) in [6, 6.07) is 2.51. The third-order valence-electron chi connectivity index (χ3n) is 2.78. The molecule has 0 radical (unpaired) electrons. The van der Waals surface area contributed by atoms with Gasteiger partial charge in [-0.05, 0) is 12.1 Å². The Morgan fingerprint density at radius 3 is 2.67 bits per heavy atom. The number of alkyl halides is 1. The summed E-state index contributed by atoms with van der Waals surface area (Å²) in [5.74, 6) is -1.74. The minimum absolute atomic E-state index is 0.00971. The van der Waals surface area contributed by atoms with Crippen molar-refractivity contribution in [2.75, 3.05) is 25.6 Å². The number of halogens is 3. The van der Waals surface area contributed by atoms with Crippen LogP contribution in [0.5, 0.6) is 0 Å². The Kier molecular flexibility index (Phi) is 4.14. The van der Waals surface area contributed by atoms with Crippen molar-refractivity contribution < 1.29 is 18.3 Å². The van der Waals surface area contributed by atoms with E-state index in [0.717, 1.165) is 18.2 Å². The van der Waals surface area contributed by atoms with Gasteiger partial charge < -0.3 is 9.64 Å². The summed E-state index contributed by atoms with van der Waals surface area (Å²) in [5, 5.41) is 0. The van der Waals surface area contributed by atoms with E-state index in [1.54, 1.807) is 0 Å². The second-order valence-electron chi connectivity index (χ2n) is 4.04. The molecule has 1 aliphatic heterocycles. The van der Waals surface area contributed by atoms with E-state index in [0.29, 0.717) is 19.8 Å². The predicted octanol–water partition coefficient (Wildman–Crippen LogP) is 2.04. The van der Waals surface area contributed by atoms with Crippen molar-refractivity contribution in [2.45, 2.75) is 6.04 Å². The standard InChI is InChI=1S/C12H12ClF2NO2/c13-6-11-7-18-2-1-16(11)12(17)8-3-9(14)5-10(15)4-8/h3-5,11H,1-2,6-7H2. The normalized spacial score (nSPS) is 19.9. The number of carbonyl (C=O) groups excluding carboxylic acids is 1. The van der Waals surface area contributed by atoms with E-state index in [2.05, 4.69) is 0 Å². The topological polar surface area (TPSA) is 29.5 Å². The van der Waals surface area contributed by atoms with E-state index in [4.69, 9.17) is 16.3 Å². The third-order valence-corrected chi connectivity index (χ3v) is 3.13. The molecule has 1 heterocycles. The molecule has 1 fully saturated rings. The lowest BCUT2D eigenvalue weighted by atomic mass is 10.1. The maximum atomic E-state index is 13.1. The number of carbonyl (C=O) groups is 1. The average Bonchev–Trinajstić information content (AvgIpc) is 2.36. The van der Waals surface area contributed by atoms with Gasteiger partial charge in [-0.25, -0.2) is 8.78 Å². The van der Waals surface area contributed by atoms with Crippen LogP contribution in [0.25, 0.3) is 0 Å². The van der Waals surface area contributed by atoms with Crippen LogP contribution in [0.4, 0.5) is 8.78 Å². The molecule has 3 nitrogen and oxygen atoms in total. The number of benzene rings is 1. The second-order valence-corrected chi connectivity index (χ2v) is 4.35. The monoisotopic (exact) mass is 275 g/mol. The van der Waals surface area contributed by atoms with Gasteiger partial charge in [-0.2, -0.15) is 0 Å². The Morgan fingerprint density at radius 2 is 2.06 bits per heavy atom. The molecule has 0 aromatic heterocycles. The summed E-state index contributed by atoms with van der Waals surface area (Å²) in [7, 11) is 0. The Balaban J connectivity index is 2.23. The SMILES string of the molecule is O=C(c1cc(F)cc(F)c1)N1CCOCC1CCl. The zero-order valence-corrected chi connectivity index (χ0v) is 10.3. The molecule has 1 aromatic carbocycles. The summed E-state index contributed by atoms with van der Waals surface area (Å²) in [6.07, 6.45) is 0. The molecule has 6 heteroatoms. The lowest BCUT2D eigenvalue weighted by Gasteiger charge is -2.34. The van der Waals surface area contributed by atoms with Crippen molar-refractivity contribution in [3.05, 3.63) is 35.4 Å². The lowest BCUT2D eigenvalue weighted by molar-refractivity contribution is 0.00451. The highest BCUT2D eigenvalue weighted by molar-refractivity contribution is 6.18. The van der Waals surface area contributed by atoms with Crippen LogP contribution in [-0.4, -0.2) is 42.5 Å². The summed E-state index contributed by atoms with van der Waals surface area (Å²) < 4.78 is 31.4. The number of hydrogen-bond acceptors (Lipinski definition) is 2. The van der Waals surface area contributed by atoms with Crippen molar-refractivity contribution in [1.82, 2.24) is 4.90 Å². The molecule has 18 heavy (non-hydrogen) atoms. The minimum Gasteiger partial charge on any atom is -0.377 e. The molecule has 0 saturated carbocycles. The molecular weight excluding hydrogens is 264 g/mol. The van der Waals surface area contributed by atoms with E-state index >= 15 is 0 Å². The minimum atomic E-state index is -0.769. The van der Waals surface area contributed by atoms with Crippen LogP contribution in [-0.2, 0) is 4.74 Å². The Labute approximate surface area is 108 Å². The van der Waals surface area contributed by atoms with Crippen LogP contribution in [0, 0.1) is 11.6 Å². The largest absolute Gasteiger partial charge is 0.377 e. The maximum absolute atomic E-state index is 13.1. The zero-order chi connectivity index (χ0) is 13.1. The molecule has 0 aliphatic carbocycles. The van der Waals surface area contributed by atoms with E-state index < -0.39 is 17.5 Å². The molecule has 1 unspecified atom stereocenters. The first kappa shape index (κ1) is 13.2. The van der Waals surface area contributed by atoms with Gasteiger partial charge in [0, 0.05) is 24.1 Å². The number of morpholine rings is 1. The molecule has 2 rings (SSSR count). The van der Waals surface area contributed by atoms with Gasteiger partial charge in [0.25, 0.3) is 5.91 Å². The van der Waals surface area contributed by atoms with Gasteiger partial charge in [-0.1, -0.05) is 0 Å². The van der Waals surface area contributed by atoms with Crippen molar-refractivity contribution in [2.24, 2.45) is 0 Å². The summed E-state index contributed by atoms with van der Waals surface area (Å²) in [4.78, 5) is 13.6. The van der Waals surface area contributed by atoms with Crippen LogP contribution in [0.2, 0.25) is 0 Å². The van der Waals surface area contributed by atoms with E-state index in [9.17, 15) is 13.6 Å². The summed E-state index contributed by atoms with van der Waals surface area (Å²) in [5.41, 5.74) is -0.00971. The number of ether oxygens (including phenoxy) is 1. The fraction of sp³-hybridized carbons (Fsp3) is 0.417. The highest BCUT2D eigenvalue weighted by atomic mass is 35.5. The van der Waals surface area contributed by atoms with Gasteiger partial charge in [0.05, 0.1) is 19.3 Å². The fourth-order valence-corrected chi connectivity index (χ4v) is 2.15. The van der Waals surface area contributed by atoms with Gasteiger partial charge in [0.2, 0.25) is 0 Å². The predicted molar refractivity (Wildman–Crippen MR) is 62.7 cm³/mol. The molecule has 0 spiro atoms. The van der Waals surface area contributed by atoms with E-state index in [-0.39, 0.29) is 17.5 Å². The fourth-order valence-electron chi connectivity index (χ4n) is 1.89. The van der Waals surface area contributed by atoms with Crippen LogP contribution in [0.15, 0.2) is 18.2 Å². The van der Waals surface area contributed by atoms with Gasteiger partial charge >= 0.3 is 0 Å². The zero-order valence-electron chi connectivity index (χ0n) is 9.54. The lowest BCUT2D eigenvalue weighted by Crippen LogP contribution is -2.49. The van der Waals surface area contributed by atoms with Crippen molar-refractivity contribution in [3.63, 3.8) is 0 Å². The number of rotatable bonds is 2. The first-order chi connectivity index (χ1) is 8.61. The highest BCUT2D eigenvalue weighted by Crippen LogP contribution is 2.15. The molecular formula is C12H12ClF2NO2. The molecule has 1 aromatic rings. The van der Waals surface area contributed by atoms with Gasteiger partial charge in [0.15, 0.2) is 0 Å². The van der Waals surface area contributed by atoms with Crippen molar-refractivity contribution >= 4 is 17.5 Å². The van der Waals surface area contributed by atoms with Crippen molar-refractivity contribution in [3.8, 4) is 0 Å². The number of nitrogens with zero attached hydrogens (tertiary/aromatic N) is 1. The van der Waals surface area contributed by atoms with Gasteiger partial charge in [-0.3, -0.25) is 4.79 Å². The van der Waals surface area contributed by atoms with Crippen LogP contribution >= 0.6 is 11.6 Å². The quantitative estimate of drug-likeness (QED) is 0.773. The molecule has 1 saturated heterocycles. The third kappa shape index (κ3) is 2.79. The van der Waals surface area contributed by atoms with Crippen LogP contribution < -0.4 is 0 Å². The molecule has 98 valence electrons. The molecule has 0 N–H and O–H groups in total. The smallest absolute Gasteiger partial charge is 0.254 e. The summed E-state index contributed by atoms with van der Waals surface area (Å²) in [6.45, 7) is 1.11. The van der Waals surface area contributed by atoms with Gasteiger partial charge in [0.1, 0.15) is 11.6 Å². The summed E-state index contributed by atoms with van der Waals surface area (Å²) >= 11 is 5.75. The second kappa shape index (κ2) is 5.63. The van der Waals surface area contributed by atoms with Gasteiger partial charge in [-0.15, -0.1) is 11.6 Å². The van der Waals surface area contributed by atoms with Crippen LogP contribution in [0.1, 0.15) is 10.4 Å². The number of hydrogen-bond donors (Lipinski definition) is 0. The maximum Gasteiger partial charge on any atom is 0.254 e. The Hall–Kier alpha value is -1.20. The molecule has 0 bridgehead atoms. The first-order valence-corrected chi connectivity index (χ1v) is 6.06. The Bertz CT molecular complexity index is 435. The van der Waals surface area contributed by atoms with E-state index in [1.807, 2.05) is 0 Å². The highest BCUT2D eigenvalue weighted by Gasteiger charge is 2.27. The average molecular weight is 276 g/mol. The molecule has 1 aliphatic rings.